The van der Waals surface area contributed by atoms with E-state index in [9.17, 15) is 4.79 Å². The highest BCUT2D eigenvalue weighted by Crippen LogP contribution is 2.29. The zero-order valence-electron chi connectivity index (χ0n) is 18.1. The lowest BCUT2D eigenvalue weighted by Crippen LogP contribution is -2.32. The van der Waals surface area contributed by atoms with Gasteiger partial charge in [-0.15, -0.1) is 0 Å². The number of benzene rings is 1. The van der Waals surface area contributed by atoms with Gasteiger partial charge in [0.05, 0.1) is 11.7 Å². The first kappa shape index (κ1) is 20.4. The minimum Gasteiger partial charge on any atom is -0.363 e. The van der Waals surface area contributed by atoms with Crippen LogP contribution in [0.5, 0.6) is 0 Å². The summed E-state index contributed by atoms with van der Waals surface area (Å²) in [5.74, 6) is 2.20. The second kappa shape index (κ2) is 8.86. The van der Waals surface area contributed by atoms with Crippen LogP contribution in [0.2, 0.25) is 0 Å². The molecule has 3 aromatic rings. The van der Waals surface area contributed by atoms with Crippen LogP contribution in [0.1, 0.15) is 55.2 Å². The Labute approximate surface area is 178 Å². The molecule has 0 radical (unpaired) electrons. The zero-order valence-corrected chi connectivity index (χ0v) is 18.1. The molecule has 2 aromatic heterocycles. The smallest absolute Gasteiger partial charge is 0.220 e. The SMILES string of the molecule is Cc1nc([C@@H](Cc2c[nH]c3ccccc23)NC(=O)CC2CCCC2)cc(N(C)C)n1. The van der Waals surface area contributed by atoms with E-state index in [1.165, 1.54) is 23.8 Å². The molecule has 0 unspecified atom stereocenters. The molecule has 30 heavy (non-hydrogen) atoms. The summed E-state index contributed by atoms with van der Waals surface area (Å²) < 4.78 is 0. The number of aromatic amines is 1. The van der Waals surface area contributed by atoms with Crippen LogP contribution in [0.15, 0.2) is 36.5 Å². The van der Waals surface area contributed by atoms with Gasteiger partial charge >= 0.3 is 0 Å². The highest BCUT2D eigenvalue weighted by molar-refractivity contribution is 5.83. The van der Waals surface area contributed by atoms with Crippen molar-refractivity contribution < 1.29 is 4.79 Å². The normalized spacial score (nSPS) is 15.4. The van der Waals surface area contributed by atoms with Gasteiger partial charge in [-0.1, -0.05) is 31.0 Å². The third-order valence-electron chi connectivity index (χ3n) is 6.04. The Morgan fingerprint density at radius 3 is 2.77 bits per heavy atom. The Bertz CT molecular complexity index is 1020. The Hall–Kier alpha value is -2.89. The first-order valence-corrected chi connectivity index (χ1v) is 10.9. The van der Waals surface area contributed by atoms with Crippen molar-refractivity contribution in [1.82, 2.24) is 20.3 Å². The molecule has 2 heterocycles. The number of carbonyl (C=O) groups is 1. The fourth-order valence-electron chi connectivity index (χ4n) is 4.46. The predicted octanol–water partition coefficient (Wildman–Crippen LogP) is 4.31. The number of rotatable bonds is 7. The molecule has 1 atom stereocenters. The molecule has 0 saturated heterocycles. The van der Waals surface area contributed by atoms with Gasteiger partial charge in [-0.25, -0.2) is 9.97 Å². The molecule has 158 valence electrons. The van der Waals surface area contributed by atoms with E-state index in [-0.39, 0.29) is 11.9 Å². The molecule has 1 fully saturated rings. The number of hydrogen-bond acceptors (Lipinski definition) is 4. The second-order valence-electron chi connectivity index (χ2n) is 8.63. The molecule has 0 aliphatic heterocycles. The maximum atomic E-state index is 12.9. The summed E-state index contributed by atoms with van der Waals surface area (Å²) in [6.45, 7) is 1.90. The van der Waals surface area contributed by atoms with Crippen LogP contribution >= 0.6 is 0 Å². The van der Waals surface area contributed by atoms with Crippen molar-refractivity contribution in [3.8, 4) is 0 Å². The summed E-state index contributed by atoms with van der Waals surface area (Å²) >= 11 is 0. The first-order valence-electron chi connectivity index (χ1n) is 10.9. The summed E-state index contributed by atoms with van der Waals surface area (Å²) in [5.41, 5.74) is 3.15. The average Bonchev–Trinajstić information content (AvgIpc) is 3.37. The van der Waals surface area contributed by atoms with Crippen LogP contribution < -0.4 is 10.2 Å². The lowest BCUT2D eigenvalue weighted by atomic mass is 10.00. The van der Waals surface area contributed by atoms with Crippen molar-refractivity contribution >= 4 is 22.6 Å². The molecule has 1 aromatic carbocycles. The number of amides is 1. The van der Waals surface area contributed by atoms with Crippen molar-refractivity contribution in [3.63, 3.8) is 0 Å². The fourth-order valence-corrected chi connectivity index (χ4v) is 4.46. The van der Waals surface area contributed by atoms with E-state index in [2.05, 4.69) is 27.4 Å². The number of hydrogen-bond donors (Lipinski definition) is 2. The third kappa shape index (κ3) is 4.64. The van der Waals surface area contributed by atoms with E-state index in [4.69, 9.17) is 4.98 Å². The van der Waals surface area contributed by atoms with E-state index >= 15 is 0 Å². The lowest BCUT2D eigenvalue weighted by molar-refractivity contribution is -0.122. The predicted molar refractivity (Wildman–Crippen MR) is 121 cm³/mol. The topological polar surface area (TPSA) is 73.9 Å². The number of fused-ring (bicyclic) bond motifs is 1. The van der Waals surface area contributed by atoms with Crippen LogP contribution in [-0.4, -0.2) is 35.0 Å². The van der Waals surface area contributed by atoms with Gasteiger partial charge in [0.1, 0.15) is 11.6 Å². The zero-order chi connectivity index (χ0) is 21.1. The number of carbonyl (C=O) groups excluding carboxylic acids is 1. The highest BCUT2D eigenvalue weighted by atomic mass is 16.1. The number of aryl methyl sites for hydroxylation is 1. The second-order valence-corrected chi connectivity index (χ2v) is 8.63. The Morgan fingerprint density at radius 1 is 1.23 bits per heavy atom. The van der Waals surface area contributed by atoms with Crippen molar-refractivity contribution in [1.29, 1.82) is 0 Å². The molecular formula is C24H31N5O. The summed E-state index contributed by atoms with van der Waals surface area (Å²) in [6.07, 6.45) is 8.15. The van der Waals surface area contributed by atoms with Gasteiger partial charge in [-0.05, 0) is 37.3 Å². The number of nitrogens with zero attached hydrogens (tertiary/aromatic N) is 3. The Kier molecular flexibility index (Phi) is 6.02. The number of H-pyrrole nitrogens is 1. The molecule has 0 spiro atoms. The van der Waals surface area contributed by atoms with Crippen molar-refractivity contribution in [3.05, 3.63) is 53.6 Å². The van der Waals surface area contributed by atoms with E-state index < -0.39 is 0 Å². The molecule has 6 nitrogen and oxygen atoms in total. The van der Waals surface area contributed by atoms with Crippen LogP contribution in [0.4, 0.5) is 5.82 Å². The molecule has 2 N–H and O–H groups in total. The van der Waals surface area contributed by atoms with Gasteiger partial charge in [0.2, 0.25) is 5.91 Å². The van der Waals surface area contributed by atoms with E-state index in [0.29, 0.717) is 24.6 Å². The number of para-hydroxylation sites is 1. The van der Waals surface area contributed by atoms with Crippen LogP contribution in [0.25, 0.3) is 10.9 Å². The molecule has 1 amide bonds. The Balaban J connectivity index is 1.63. The molecule has 1 aliphatic rings. The Morgan fingerprint density at radius 2 is 2.00 bits per heavy atom. The molecule has 6 heteroatoms. The fraction of sp³-hybridized carbons (Fsp3) is 0.458. The molecule has 0 bridgehead atoms. The summed E-state index contributed by atoms with van der Waals surface area (Å²) in [7, 11) is 3.94. The summed E-state index contributed by atoms with van der Waals surface area (Å²) in [6, 6.07) is 10.1. The van der Waals surface area contributed by atoms with Crippen molar-refractivity contribution in [2.45, 2.75) is 51.5 Å². The quantitative estimate of drug-likeness (QED) is 0.614. The van der Waals surface area contributed by atoms with Crippen molar-refractivity contribution in [2.24, 2.45) is 5.92 Å². The van der Waals surface area contributed by atoms with Crippen LogP contribution in [0, 0.1) is 12.8 Å². The van der Waals surface area contributed by atoms with E-state index in [1.807, 2.05) is 50.3 Å². The van der Waals surface area contributed by atoms with Gasteiger partial charge in [0.15, 0.2) is 0 Å². The standard InChI is InChI=1S/C24H31N5O/c1-16-26-22(14-23(27-16)29(2)3)21(28-24(30)12-17-8-4-5-9-17)13-18-15-25-20-11-7-6-10-19(18)20/h6-7,10-11,14-15,17,21,25H,4-5,8-9,12-13H2,1-3H3,(H,28,30)/t21-/m1/s1. The third-order valence-corrected chi connectivity index (χ3v) is 6.04. The van der Waals surface area contributed by atoms with Gasteiger partial charge < -0.3 is 15.2 Å². The molecule has 1 aliphatic carbocycles. The lowest BCUT2D eigenvalue weighted by Gasteiger charge is -2.21. The van der Waals surface area contributed by atoms with Crippen LogP contribution in [-0.2, 0) is 11.2 Å². The summed E-state index contributed by atoms with van der Waals surface area (Å²) in [5, 5.41) is 4.48. The van der Waals surface area contributed by atoms with Crippen molar-refractivity contribution in [2.75, 3.05) is 19.0 Å². The summed E-state index contributed by atoms with van der Waals surface area (Å²) in [4.78, 5) is 27.4. The minimum absolute atomic E-state index is 0.120. The first-order chi connectivity index (χ1) is 14.5. The van der Waals surface area contributed by atoms with Gasteiger partial charge in [-0.3, -0.25) is 4.79 Å². The maximum absolute atomic E-state index is 12.9. The number of aromatic nitrogens is 3. The maximum Gasteiger partial charge on any atom is 0.220 e. The molecule has 1 saturated carbocycles. The average molecular weight is 406 g/mol. The monoisotopic (exact) mass is 405 g/mol. The van der Waals surface area contributed by atoms with Gasteiger partial charge in [0.25, 0.3) is 0 Å². The minimum atomic E-state index is -0.196. The van der Waals surface area contributed by atoms with Crippen LogP contribution in [0.3, 0.4) is 0 Å². The van der Waals surface area contributed by atoms with Gasteiger partial charge in [-0.2, -0.15) is 0 Å². The number of anilines is 1. The molecular weight excluding hydrogens is 374 g/mol. The number of nitrogens with one attached hydrogen (secondary N) is 2. The van der Waals surface area contributed by atoms with E-state index in [1.54, 1.807) is 0 Å². The highest BCUT2D eigenvalue weighted by Gasteiger charge is 2.23. The van der Waals surface area contributed by atoms with E-state index in [0.717, 1.165) is 29.9 Å². The largest absolute Gasteiger partial charge is 0.363 e. The molecule has 4 rings (SSSR count). The van der Waals surface area contributed by atoms with Gasteiger partial charge in [0, 0.05) is 50.1 Å².